The number of hydrogen-bond acceptors (Lipinski definition) is 2. The average Bonchev–Trinajstić information content (AvgIpc) is 2.59. The van der Waals surface area contributed by atoms with Crippen molar-refractivity contribution < 1.29 is 4.74 Å². The molecule has 0 aliphatic heterocycles. The highest BCUT2D eigenvalue weighted by molar-refractivity contribution is 4.73. The van der Waals surface area contributed by atoms with Crippen molar-refractivity contribution in [3.05, 3.63) is 18.7 Å². The first-order valence-electron chi connectivity index (χ1n) is 4.79. The quantitative estimate of drug-likeness (QED) is 0.671. The number of methoxy groups -OCH3 is 1. The lowest BCUT2D eigenvalue weighted by Gasteiger charge is -1.99. The molecule has 76 valence electrons. The second-order valence-electron chi connectivity index (χ2n) is 2.85. The molecule has 0 saturated heterocycles. The van der Waals surface area contributed by atoms with Crippen LogP contribution in [0.5, 0.6) is 0 Å². The van der Waals surface area contributed by atoms with Crippen molar-refractivity contribution in [2.24, 2.45) is 0 Å². The summed E-state index contributed by atoms with van der Waals surface area (Å²) in [5.74, 6) is 0. The molecule has 0 aliphatic carbocycles. The van der Waals surface area contributed by atoms with E-state index in [1.54, 1.807) is 13.3 Å². The Morgan fingerprint density at radius 3 is 2.54 bits per heavy atom. The van der Waals surface area contributed by atoms with Gasteiger partial charge in [-0.25, -0.2) is 4.98 Å². The number of hydrogen-bond donors (Lipinski definition) is 0. The normalized spacial score (nSPS) is 9.15. The van der Waals surface area contributed by atoms with Gasteiger partial charge in [0.05, 0.1) is 6.33 Å². The number of ether oxygens (including phenoxy) is 1. The predicted octanol–water partition coefficient (Wildman–Crippen LogP) is 2.34. The molecular formula is C10H20N2O. The lowest BCUT2D eigenvalue weighted by molar-refractivity contribution is 0.190. The molecular weight excluding hydrogens is 164 g/mol. The Labute approximate surface area is 80.7 Å². The summed E-state index contributed by atoms with van der Waals surface area (Å²) in [4.78, 5) is 3.92. The Balaban J connectivity index is 0.000000424. The van der Waals surface area contributed by atoms with Crippen LogP contribution >= 0.6 is 0 Å². The average molecular weight is 184 g/mol. The van der Waals surface area contributed by atoms with Crippen molar-refractivity contribution in [3.63, 3.8) is 0 Å². The number of aryl methyl sites for hydroxylation is 1. The largest absolute Gasteiger partial charge is 0.385 e. The van der Waals surface area contributed by atoms with Crippen LogP contribution in [0.25, 0.3) is 0 Å². The van der Waals surface area contributed by atoms with Crippen LogP contribution in [-0.4, -0.2) is 23.3 Å². The second kappa shape index (κ2) is 9.26. The fraction of sp³-hybridized carbons (Fsp3) is 0.700. The maximum absolute atomic E-state index is 4.91. The Bertz CT molecular complexity index is 173. The molecule has 0 radical (unpaired) electrons. The van der Waals surface area contributed by atoms with Gasteiger partial charge in [-0.2, -0.15) is 0 Å². The van der Waals surface area contributed by atoms with Crippen LogP contribution in [0.1, 0.15) is 26.7 Å². The van der Waals surface area contributed by atoms with Gasteiger partial charge in [-0.05, 0) is 6.42 Å². The molecule has 0 spiro atoms. The summed E-state index contributed by atoms with van der Waals surface area (Å²) >= 11 is 0. The van der Waals surface area contributed by atoms with E-state index < -0.39 is 0 Å². The van der Waals surface area contributed by atoms with E-state index in [-0.39, 0.29) is 0 Å². The number of imidazole rings is 1. The monoisotopic (exact) mass is 184 g/mol. The van der Waals surface area contributed by atoms with Crippen molar-refractivity contribution >= 4 is 0 Å². The van der Waals surface area contributed by atoms with E-state index >= 15 is 0 Å². The van der Waals surface area contributed by atoms with Crippen LogP contribution < -0.4 is 0 Å². The molecule has 0 amide bonds. The molecule has 1 aromatic heterocycles. The summed E-state index contributed by atoms with van der Waals surface area (Å²) in [6, 6.07) is 0. The third-order valence-electron chi connectivity index (χ3n) is 1.32. The molecule has 0 saturated carbocycles. The highest BCUT2D eigenvalue weighted by atomic mass is 16.5. The number of nitrogens with zero attached hydrogens (tertiary/aromatic N) is 2. The Hall–Kier alpha value is -0.830. The smallest absolute Gasteiger partial charge is 0.0945 e. The van der Waals surface area contributed by atoms with Gasteiger partial charge in [0, 0.05) is 32.7 Å². The van der Waals surface area contributed by atoms with Crippen LogP contribution in [0.4, 0.5) is 0 Å². The summed E-state index contributed by atoms with van der Waals surface area (Å²) in [5, 5.41) is 0. The van der Waals surface area contributed by atoms with E-state index in [9.17, 15) is 0 Å². The molecule has 1 aromatic rings. The van der Waals surface area contributed by atoms with Crippen LogP contribution in [0.2, 0.25) is 0 Å². The van der Waals surface area contributed by atoms with Crippen molar-refractivity contribution in [1.82, 2.24) is 9.55 Å². The maximum Gasteiger partial charge on any atom is 0.0945 e. The van der Waals surface area contributed by atoms with Crippen LogP contribution in [-0.2, 0) is 11.3 Å². The van der Waals surface area contributed by atoms with Gasteiger partial charge >= 0.3 is 0 Å². The van der Waals surface area contributed by atoms with Gasteiger partial charge in [0.15, 0.2) is 0 Å². The first-order chi connectivity index (χ1) is 6.35. The minimum absolute atomic E-state index is 0.818. The minimum atomic E-state index is 0.818. The first kappa shape index (κ1) is 12.2. The van der Waals surface area contributed by atoms with Gasteiger partial charge in [0.2, 0.25) is 0 Å². The fourth-order valence-electron chi connectivity index (χ4n) is 0.810. The Kier molecular flexibility index (Phi) is 8.67. The molecule has 1 rings (SSSR count). The van der Waals surface area contributed by atoms with Crippen molar-refractivity contribution in [2.45, 2.75) is 33.2 Å². The number of aromatic nitrogens is 2. The molecule has 0 unspecified atom stereocenters. The molecule has 0 atom stereocenters. The van der Waals surface area contributed by atoms with E-state index in [2.05, 4.69) is 18.8 Å². The van der Waals surface area contributed by atoms with Gasteiger partial charge < -0.3 is 9.30 Å². The molecule has 0 bridgehead atoms. The standard InChI is InChI=1S/C7H12N2O.C3H8/c1-10-6-2-4-9-5-3-8-7-9;1-3-2/h3,5,7H,2,4,6H2,1H3;3H2,1-2H3. The highest BCUT2D eigenvalue weighted by Gasteiger charge is 1.87. The van der Waals surface area contributed by atoms with Gasteiger partial charge in [-0.3, -0.25) is 0 Å². The summed E-state index contributed by atoms with van der Waals surface area (Å²) in [6.45, 7) is 6.06. The predicted molar refractivity (Wildman–Crippen MR) is 54.7 cm³/mol. The third-order valence-corrected chi connectivity index (χ3v) is 1.32. The third kappa shape index (κ3) is 7.53. The SMILES string of the molecule is CCC.COCCCn1ccnc1. The number of rotatable bonds is 4. The Morgan fingerprint density at radius 1 is 1.38 bits per heavy atom. The zero-order valence-corrected chi connectivity index (χ0v) is 8.86. The molecule has 3 heteroatoms. The molecule has 13 heavy (non-hydrogen) atoms. The van der Waals surface area contributed by atoms with Gasteiger partial charge in [0.1, 0.15) is 0 Å². The molecule has 3 nitrogen and oxygen atoms in total. The lowest BCUT2D eigenvalue weighted by atomic mass is 10.4. The van der Waals surface area contributed by atoms with E-state index in [1.807, 2.05) is 17.1 Å². The van der Waals surface area contributed by atoms with E-state index in [4.69, 9.17) is 4.74 Å². The molecule has 0 aromatic carbocycles. The maximum atomic E-state index is 4.91. The van der Waals surface area contributed by atoms with E-state index in [0.717, 1.165) is 19.6 Å². The van der Waals surface area contributed by atoms with Crippen LogP contribution in [0.15, 0.2) is 18.7 Å². The molecule has 0 N–H and O–H groups in total. The van der Waals surface area contributed by atoms with Crippen molar-refractivity contribution in [1.29, 1.82) is 0 Å². The Morgan fingerprint density at radius 2 is 2.08 bits per heavy atom. The highest BCUT2D eigenvalue weighted by Crippen LogP contribution is 1.89. The van der Waals surface area contributed by atoms with Gasteiger partial charge in [-0.15, -0.1) is 0 Å². The second-order valence-corrected chi connectivity index (χ2v) is 2.85. The summed E-state index contributed by atoms with van der Waals surface area (Å²) in [6.07, 6.45) is 7.85. The summed E-state index contributed by atoms with van der Waals surface area (Å²) in [7, 11) is 1.72. The van der Waals surface area contributed by atoms with Crippen LogP contribution in [0.3, 0.4) is 0 Å². The van der Waals surface area contributed by atoms with Gasteiger partial charge in [0.25, 0.3) is 0 Å². The van der Waals surface area contributed by atoms with E-state index in [0.29, 0.717) is 0 Å². The van der Waals surface area contributed by atoms with Crippen LogP contribution in [0, 0.1) is 0 Å². The van der Waals surface area contributed by atoms with Gasteiger partial charge in [-0.1, -0.05) is 20.3 Å². The molecule has 0 fully saturated rings. The van der Waals surface area contributed by atoms with Crippen molar-refractivity contribution in [3.8, 4) is 0 Å². The first-order valence-corrected chi connectivity index (χ1v) is 4.79. The summed E-state index contributed by atoms with van der Waals surface area (Å²) < 4.78 is 6.95. The molecule has 0 aliphatic rings. The topological polar surface area (TPSA) is 27.1 Å². The summed E-state index contributed by atoms with van der Waals surface area (Å²) in [5.41, 5.74) is 0. The zero-order valence-electron chi connectivity index (χ0n) is 8.86. The minimum Gasteiger partial charge on any atom is -0.385 e. The lowest BCUT2D eigenvalue weighted by Crippen LogP contribution is -1.98. The van der Waals surface area contributed by atoms with E-state index in [1.165, 1.54) is 6.42 Å². The molecule has 1 heterocycles. The van der Waals surface area contributed by atoms with Crippen molar-refractivity contribution in [2.75, 3.05) is 13.7 Å². The zero-order chi connectivity index (χ0) is 9.94. The fourth-order valence-corrected chi connectivity index (χ4v) is 0.810.